The molecule has 0 heterocycles. The fraction of sp³-hybridized carbons (Fsp3) is 0.675. The SMILES string of the molecule is CC/C=C\C/C=C\C/C=C\C/C=C\C/C=C\C/C=C\C/C=C\C/C=C\C/C=C\C/C=C\C/C=C\C/C=C\CCCCCCC(=O)NC(COP(=O)([O-])OCC[N+](C)(C)C)C(O)/C=C/CCCCCCCCCCCCCCCCCCCCCCCCCCCCC. The summed E-state index contributed by atoms with van der Waals surface area (Å²) in [6, 6.07) is -0.914. The predicted molar refractivity (Wildman–Crippen MR) is 403 cm³/mol. The van der Waals surface area contributed by atoms with E-state index in [9.17, 15) is 19.4 Å². The Morgan fingerprint density at radius 1 is 0.391 bits per heavy atom. The molecule has 0 bridgehead atoms. The molecular weight excluding hydrogens is 1150 g/mol. The summed E-state index contributed by atoms with van der Waals surface area (Å²) in [6.07, 6.45) is 111. The Labute approximate surface area is 569 Å². The van der Waals surface area contributed by atoms with Crippen molar-refractivity contribution in [2.45, 2.75) is 321 Å². The van der Waals surface area contributed by atoms with Gasteiger partial charge in [-0.3, -0.25) is 9.36 Å². The number of hydrogen-bond donors (Lipinski definition) is 2. The van der Waals surface area contributed by atoms with Gasteiger partial charge in [-0.2, -0.15) is 0 Å². The first-order chi connectivity index (χ1) is 45.0. The average Bonchev–Trinajstić information content (AvgIpc) is 2.63. The lowest BCUT2D eigenvalue weighted by atomic mass is 10.0. The average molecular weight is 1300 g/mol. The van der Waals surface area contributed by atoms with Gasteiger partial charge in [0.05, 0.1) is 39.9 Å². The highest BCUT2D eigenvalue weighted by atomic mass is 31.2. The topological polar surface area (TPSA) is 108 Å². The van der Waals surface area contributed by atoms with E-state index >= 15 is 0 Å². The molecular formula is C83H143N2O6P. The molecule has 0 saturated heterocycles. The van der Waals surface area contributed by atoms with Gasteiger partial charge >= 0.3 is 0 Å². The highest BCUT2D eigenvalue weighted by Crippen LogP contribution is 2.38. The molecule has 0 radical (unpaired) electrons. The van der Waals surface area contributed by atoms with Gasteiger partial charge in [-0.15, -0.1) is 0 Å². The minimum absolute atomic E-state index is 0.0139. The number of nitrogens with zero attached hydrogens (tertiary/aromatic N) is 1. The van der Waals surface area contributed by atoms with Gasteiger partial charge in [0.1, 0.15) is 13.2 Å². The van der Waals surface area contributed by atoms with Crippen LogP contribution in [0.3, 0.4) is 0 Å². The lowest BCUT2D eigenvalue weighted by Crippen LogP contribution is -2.45. The van der Waals surface area contributed by atoms with Gasteiger partial charge in [0.15, 0.2) is 0 Å². The number of nitrogens with one attached hydrogen (secondary N) is 1. The molecule has 0 spiro atoms. The monoisotopic (exact) mass is 1300 g/mol. The van der Waals surface area contributed by atoms with Crippen LogP contribution in [0.25, 0.3) is 0 Å². The lowest BCUT2D eigenvalue weighted by Gasteiger charge is -2.29. The molecule has 92 heavy (non-hydrogen) atoms. The summed E-state index contributed by atoms with van der Waals surface area (Å²) in [5.74, 6) is -0.225. The number of allylic oxidation sites excluding steroid dienone is 25. The zero-order valence-electron chi connectivity index (χ0n) is 60.2. The number of aliphatic hydroxyl groups is 1. The molecule has 0 aliphatic rings. The number of aliphatic hydroxyl groups excluding tert-OH is 1. The Morgan fingerprint density at radius 3 is 0.967 bits per heavy atom. The van der Waals surface area contributed by atoms with Crippen molar-refractivity contribution in [2.24, 2.45) is 0 Å². The van der Waals surface area contributed by atoms with Gasteiger partial charge in [-0.05, 0) is 109 Å². The number of quaternary nitrogens is 1. The van der Waals surface area contributed by atoms with Gasteiger partial charge in [-0.1, -0.05) is 352 Å². The summed E-state index contributed by atoms with van der Waals surface area (Å²) in [4.78, 5) is 25.7. The van der Waals surface area contributed by atoms with Crippen molar-refractivity contribution in [2.75, 3.05) is 40.9 Å². The van der Waals surface area contributed by atoms with Crippen molar-refractivity contribution in [3.8, 4) is 0 Å². The van der Waals surface area contributed by atoms with E-state index in [1.807, 2.05) is 27.2 Å². The largest absolute Gasteiger partial charge is 0.756 e. The normalized spacial score (nSPS) is 14.5. The van der Waals surface area contributed by atoms with Gasteiger partial charge in [0.2, 0.25) is 5.91 Å². The van der Waals surface area contributed by atoms with Crippen LogP contribution in [0.4, 0.5) is 0 Å². The number of amides is 1. The fourth-order valence-electron chi connectivity index (χ4n) is 10.4. The van der Waals surface area contributed by atoms with E-state index in [0.29, 0.717) is 17.4 Å². The van der Waals surface area contributed by atoms with Crippen molar-refractivity contribution in [3.05, 3.63) is 158 Å². The van der Waals surface area contributed by atoms with Crippen LogP contribution in [0.5, 0.6) is 0 Å². The molecule has 8 nitrogen and oxygen atoms in total. The van der Waals surface area contributed by atoms with Crippen LogP contribution in [-0.4, -0.2) is 68.5 Å². The number of carbonyl (C=O) groups excluding carboxylic acids is 1. The minimum Gasteiger partial charge on any atom is -0.756 e. The van der Waals surface area contributed by atoms with Crippen LogP contribution < -0.4 is 10.2 Å². The molecule has 0 aliphatic heterocycles. The molecule has 3 unspecified atom stereocenters. The summed E-state index contributed by atoms with van der Waals surface area (Å²) < 4.78 is 23.5. The third kappa shape index (κ3) is 73.5. The number of unbranched alkanes of at least 4 members (excludes halogenated alkanes) is 31. The zero-order valence-corrected chi connectivity index (χ0v) is 61.1. The van der Waals surface area contributed by atoms with E-state index in [0.717, 1.165) is 128 Å². The molecule has 0 rings (SSSR count). The second-order valence-electron chi connectivity index (χ2n) is 26.3. The Morgan fingerprint density at radius 2 is 0.663 bits per heavy atom. The van der Waals surface area contributed by atoms with E-state index < -0.39 is 26.6 Å². The molecule has 0 saturated carbocycles. The summed E-state index contributed by atoms with van der Waals surface area (Å²) >= 11 is 0. The third-order valence-electron chi connectivity index (χ3n) is 16.2. The first-order valence-corrected chi connectivity index (χ1v) is 39.3. The number of rotatable bonds is 68. The Kier molecular flexibility index (Phi) is 68.4. The molecule has 3 atom stereocenters. The highest BCUT2D eigenvalue weighted by Gasteiger charge is 2.23. The van der Waals surface area contributed by atoms with Crippen LogP contribution in [0.1, 0.15) is 309 Å². The molecule has 526 valence electrons. The van der Waals surface area contributed by atoms with Crippen molar-refractivity contribution in [3.63, 3.8) is 0 Å². The summed E-state index contributed by atoms with van der Waals surface area (Å²) in [5.41, 5.74) is 0. The number of carbonyl (C=O) groups is 1. The van der Waals surface area contributed by atoms with Crippen molar-refractivity contribution < 1.29 is 32.9 Å². The Hall–Kier alpha value is -3.88. The van der Waals surface area contributed by atoms with Gasteiger partial charge in [-0.25, -0.2) is 0 Å². The van der Waals surface area contributed by atoms with Crippen molar-refractivity contribution in [1.82, 2.24) is 5.32 Å². The van der Waals surface area contributed by atoms with Crippen molar-refractivity contribution in [1.29, 1.82) is 0 Å². The first-order valence-electron chi connectivity index (χ1n) is 37.8. The van der Waals surface area contributed by atoms with Gasteiger partial charge in [0, 0.05) is 6.42 Å². The molecule has 0 aliphatic carbocycles. The zero-order chi connectivity index (χ0) is 66.9. The van der Waals surface area contributed by atoms with Crippen LogP contribution in [0, 0.1) is 0 Å². The van der Waals surface area contributed by atoms with Crippen LogP contribution >= 0.6 is 7.82 Å². The summed E-state index contributed by atoms with van der Waals surface area (Å²) in [6.45, 7) is 4.53. The number of hydrogen-bond acceptors (Lipinski definition) is 6. The molecule has 0 fully saturated rings. The summed E-state index contributed by atoms with van der Waals surface area (Å²) in [5, 5.41) is 14.0. The number of phosphoric ester groups is 1. The smallest absolute Gasteiger partial charge is 0.268 e. The quantitative estimate of drug-likeness (QED) is 0.0272. The second kappa shape index (κ2) is 71.4. The number of likely N-dealkylation sites (N-methyl/N-ethyl adjacent to an activating group) is 1. The number of phosphoric acid groups is 1. The maximum atomic E-state index is 13.1. The predicted octanol–water partition coefficient (Wildman–Crippen LogP) is 24.3. The fourth-order valence-corrected chi connectivity index (χ4v) is 11.2. The molecule has 1 amide bonds. The van der Waals surface area contributed by atoms with Gasteiger partial charge in [0.25, 0.3) is 7.82 Å². The molecule has 9 heteroatoms. The van der Waals surface area contributed by atoms with Crippen LogP contribution in [-0.2, 0) is 18.4 Å². The van der Waals surface area contributed by atoms with Crippen molar-refractivity contribution >= 4 is 13.7 Å². The third-order valence-corrected chi connectivity index (χ3v) is 17.2. The van der Waals surface area contributed by atoms with Gasteiger partial charge < -0.3 is 28.8 Å². The maximum absolute atomic E-state index is 13.1. The van der Waals surface area contributed by atoms with E-state index in [2.05, 4.69) is 165 Å². The molecule has 2 N–H and O–H groups in total. The van der Waals surface area contributed by atoms with E-state index in [4.69, 9.17) is 9.05 Å². The minimum atomic E-state index is -4.63. The van der Waals surface area contributed by atoms with E-state index in [1.54, 1.807) is 6.08 Å². The van der Waals surface area contributed by atoms with E-state index in [-0.39, 0.29) is 12.5 Å². The van der Waals surface area contributed by atoms with Crippen LogP contribution in [0.15, 0.2) is 158 Å². The standard InChI is InChI=1S/C83H143N2O6P/c1-6-8-10-12-14-16-18-20-22-24-26-28-30-32-34-36-37-38-39-40-41-42-43-44-45-46-47-49-51-53-55-57-59-61-63-65-67-69-71-73-75-77-83(87)84-81(80-91-92(88,89)90-79-78-85(3,4)5)82(86)76-74-72-70-68-66-64-62-60-58-56-54-52-50-48-35-33-31-29-27-25-23-21-19-17-15-13-11-9-7-2/h8,10,14,16,20,22,26,28,32,34,37-38,40-41,43-44,46-47,51,53,57,59,63,65,74,76,81-82,86H,6-7,9,11-13,15,17-19,21,23-25,27,29-31,33,35-36,39,42,45,48-50,52,54-56,58,60-62,64,66-73,75,77-80H2,1-5H3,(H-,84,87,88,89)/b10-8-,16-14-,22-20-,28-26-,34-32-,38-37-,41-40-,44-43-,47-46-,53-51-,59-57-,65-63-,76-74+. The summed E-state index contributed by atoms with van der Waals surface area (Å²) in [7, 11) is 1.23. The van der Waals surface area contributed by atoms with Crippen LogP contribution in [0.2, 0.25) is 0 Å². The first kappa shape index (κ1) is 88.1. The van der Waals surface area contributed by atoms with E-state index in [1.165, 1.54) is 161 Å². The molecule has 0 aromatic carbocycles. The Balaban J connectivity index is 4.17. The lowest BCUT2D eigenvalue weighted by molar-refractivity contribution is -0.870. The molecule has 0 aromatic heterocycles. The maximum Gasteiger partial charge on any atom is 0.268 e. The molecule has 0 aromatic rings. The Bertz CT molecular complexity index is 2060. The second-order valence-corrected chi connectivity index (χ2v) is 27.7. The highest BCUT2D eigenvalue weighted by molar-refractivity contribution is 7.45.